The van der Waals surface area contributed by atoms with Gasteiger partial charge in [0, 0.05) is 29.5 Å². The number of aromatic nitrogens is 3. The van der Waals surface area contributed by atoms with E-state index in [0.29, 0.717) is 22.5 Å². The lowest BCUT2D eigenvalue weighted by atomic mass is 9.94. The van der Waals surface area contributed by atoms with Crippen molar-refractivity contribution < 1.29 is 18.3 Å². The number of nitrogens with zero attached hydrogens (tertiary/aromatic N) is 3. The van der Waals surface area contributed by atoms with Crippen LogP contribution in [0, 0.1) is 30.9 Å². The van der Waals surface area contributed by atoms with Crippen molar-refractivity contribution in [2.45, 2.75) is 6.92 Å². The Kier molecular flexibility index (Phi) is 4.99. The van der Waals surface area contributed by atoms with E-state index in [0.717, 1.165) is 12.1 Å². The Morgan fingerprint density at radius 2 is 1.67 bits per heavy atom. The molecule has 136 valence electrons. The second-order valence-corrected chi connectivity index (χ2v) is 5.59. The molecule has 2 heterocycles. The molecule has 0 aliphatic carbocycles. The van der Waals surface area contributed by atoms with Crippen LogP contribution in [-0.2, 0) is 0 Å². The number of terminal acetylenes is 1. The standard InChI is InChI=1S/C20H15F2N3O2/c1-5-13-7-6-12(10-23-13)17-11(2)24-25-20(27-4)19(17)18-15(21)8-14(26-3)9-16(18)22/h1,6-10H,2-4H3. The van der Waals surface area contributed by atoms with E-state index >= 15 is 0 Å². The van der Waals surface area contributed by atoms with Gasteiger partial charge in [0.1, 0.15) is 23.1 Å². The summed E-state index contributed by atoms with van der Waals surface area (Å²) in [6.07, 6.45) is 6.85. The van der Waals surface area contributed by atoms with Crippen molar-refractivity contribution >= 4 is 0 Å². The zero-order chi connectivity index (χ0) is 19.6. The Bertz CT molecular complexity index is 1020. The third kappa shape index (κ3) is 3.29. The summed E-state index contributed by atoms with van der Waals surface area (Å²) in [5.74, 6) is 0.845. The number of halogens is 2. The topological polar surface area (TPSA) is 57.1 Å². The van der Waals surface area contributed by atoms with E-state index in [1.807, 2.05) is 0 Å². The molecular formula is C20H15F2N3O2. The highest BCUT2D eigenvalue weighted by Gasteiger charge is 2.25. The number of methoxy groups -OCH3 is 2. The highest BCUT2D eigenvalue weighted by Crippen LogP contribution is 2.42. The van der Waals surface area contributed by atoms with Gasteiger partial charge in [-0.15, -0.1) is 11.5 Å². The van der Waals surface area contributed by atoms with Gasteiger partial charge in [-0.25, -0.2) is 13.8 Å². The molecule has 0 N–H and O–H groups in total. The van der Waals surface area contributed by atoms with E-state index in [2.05, 4.69) is 21.1 Å². The van der Waals surface area contributed by atoms with Gasteiger partial charge in [-0.2, -0.15) is 5.10 Å². The normalized spacial score (nSPS) is 10.4. The first kappa shape index (κ1) is 18.3. The van der Waals surface area contributed by atoms with Gasteiger partial charge in [-0.05, 0) is 19.1 Å². The van der Waals surface area contributed by atoms with Crippen molar-refractivity contribution in [2.75, 3.05) is 14.2 Å². The third-order valence-corrected chi connectivity index (χ3v) is 4.01. The fourth-order valence-corrected chi connectivity index (χ4v) is 2.77. The average Bonchev–Trinajstić information content (AvgIpc) is 2.68. The molecule has 0 unspecified atom stereocenters. The fourth-order valence-electron chi connectivity index (χ4n) is 2.77. The Morgan fingerprint density at radius 1 is 0.963 bits per heavy atom. The molecule has 0 fully saturated rings. The van der Waals surface area contributed by atoms with Crippen molar-refractivity contribution in [1.82, 2.24) is 15.2 Å². The van der Waals surface area contributed by atoms with E-state index in [1.54, 1.807) is 19.1 Å². The summed E-state index contributed by atoms with van der Waals surface area (Å²) in [7, 11) is 2.68. The first-order valence-electron chi connectivity index (χ1n) is 7.87. The second kappa shape index (κ2) is 7.38. The monoisotopic (exact) mass is 367 g/mol. The molecule has 0 bridgehead atoms. The zero-order valence-electron chi connectivity index (χ0n) is 14.9. The highest BCUT2D eigenvalue weighted by molar-refractivity contribution is 5.88. The molecule has 1 aromatic carbocycles. The maximum atomic E-state index is 14.8. The molecule has 0 saturated carbocycles. The molecule has 27 heavy (non-hydrogen) atoms. The van der Waals surface area contributed by atoms with Crippen molar-refractivity contribution in [2.24, 2.45) is 0 Å². The number of hydrogen-bond acceptors (Lipinski definition) is 5. The van der Waals surface area contributed by atoms with E-state index in [4.69, 9.17) is 15.9 Å². The Balaban J connectivity index is 2.36. The zero-order valence-corrected chi connectivity index (χ0v) is 14.9. The van der Waals surface area contributed by atoms with Crippen LogP contribution >= 0.6 is 0 Å². The lowest BCUT2D eigenvalue weighted by Crippen LogP contribution is -2.04. The van der Waals surface area contributed by atoms with Crippen LogP contribution in [0.4, 0.5) is 8.78 Å². The molecule has 7 heteroatoms. The average molecular weight is 367 g/mol. The molecule has 2 aromatic heterocycles. The van der Waals surface area contributed by atoms with E-state index in [1.165, 1.54) is 20.4 Å². The van der Waals surface area contributed by atoms with Crippen LogP contribution in [-0.4, -0.2) is 29.4 Å². The van der Waals surface area contributed by atoms with Crippen molar-refractivity contribution in [3.8, 4) is 46.2 Å². The molecule has 0 saturated heterocycles. The van der Waals surface area contributed by atoms with Gasteiger partial charge in [0.05, 0.1) is 31.0 Å². The lowest BCUT2D eigenvalue weighted by Gasteiger charge is -2.16. The summed E-state index contributed by atoms with van der Waals surface area (Å²) in [6.45, 7) is 1.68. The van der Waals surface area contributed by atoms with Crippen molar-refractivity contribution in [3.05, 3.63) is 53.5 Å². The van der Waals surface area contributed by atoms with Gasteiger partial charge < -0.3 is 9.47 Å². The molecule has 5 nitrogen and oxygen atoms in total. The van der Waals surface area contributed by atoms with Crippen molar-refractivity contribution in [1.29, 1.82) is 0 Å². The van der Waals surface area contributed by atoms with E-state index < -0.39 is 11.6 Å². The van der Waals surface area contributed by atoms with Gasteiger partial charge in [-0.3, -0.25) is 0 Å². The number of ether oxygens (including phenoxy) is 2. The Hall–Kier alpha value is -3.53. The van der Waals surface area contributed by atoms with Crippen LogP contribution in [0.5, 0.6) is 11.6 Å². The summed E-state index contributed by atoms with van der Waals surface area (Å²) in [5, 5.41) is 7.96. The molecule has 0 aliphatic heterocycles. The number of rotatable bonds is 4. The quantitative estimate of drug-likeness (QED) is 0.657. The second-order valence-electron chi connectivity index (χ2n) is 5.59. The Morgan fingerprint density at radius 3 is 2.19 bits per heavy atom. The van der Waals surface area contributed by atoms with E-state index in [9.17, 15) is 8.78 Å². The summed E-state index contributed by atoms with van der Waals surface area (Å²) < 4.78 is 39.7. The van der Waals surface area contributed by atoms with Gasteiger partial charge >= 0.3 is 0 Å². The molecular weight excluding hydrogens is 352 g/mol. The predicted molar refractivity (Wildman–Crippen MR) is 96.4 cm³/mol. The number of benzene rings is 1. The maximum Gasteiger partial charge on any atom is 0.241 e. The molecule has 3 rings (SSSR count). The van der Waals surface area contributed by atoms with Crippen LogP contribution in [0.15, 0.2) is 30.5 Å². The van der Waals surface area contributed by atoms with Crippen molar-refractivity contribution in [3.63, 3.8) is 0 Å². The van der Waals surface area contributed by atoms with Crippen LogP contribution in [0.25, 0.3) is 22.3 Å². The maximum absolute atomic E-state index is 14.8. The Labute approximate surface area is 155 Å². The van der Waals surface area contributed by atoms with Crippen LogP contribution in [0.1, 0.15) is 11.4 Å². The number of hydrogen-bond donors (Lipinski definition) is 0. The molecule has 0 radical (unpaired) electrons. The largest absolute Gasteiger partial charge is 0.497 e. The number of pyridine rings is 1. The summed E-state index contributed by atoms with van der Waals surface area (Å²) in [6, 6.07) is 5.52. The van der Waals surface area contributed by atoms with Crippen LogP contribution in [0.3, 0.4) is 0 Å². The summed E-state index contributed by atoms with van der Waals surface area (Å²) in [5.41, 5.74) is 1.76. The summed E-state index contributed by atoms with van der Waals surface area (Å²) >= 11 is 0. The van der Waals surface area contributed by atoms with Crippen LogP contribution in [0.2, 0.25) is 0 Å². The molecule has 0 spiro atoms. The van der Waals surface area contributed by atoms with Gasteiger partial charge in [0.25, 0.3) is 0 Å². The molecule has 0 aliphatic rings. The van der Waals surface area contributed by atoms with E-state index in [-0.39, 0.29) is 22.8 Å². The number of aryl methyl sites for hydroxylation is 1. The molecule has 0 atom stereocenters. The molecule has 3 aromatic rings. The van der Waals surface area contributed by atoms with Gasteiger partial charge in [0.15, 0.2) is 0 Å². The van der Waals surface area contributed by atoms with Crippen LogP contribution < -0.4 is 9.47 Å². The lowest BCUT2D eigenvalue weighted by molar-refractivity contribution is 0.392. The minimum Gasteiger partial charge on any atom is -0.497 e. The first-order chi connectivity index (χ1) is 13.0. The van der Waals surface area contributed by atoms with Gasteiger partial charge in [-0.1, -0.05) is 5.92 Å². The van der Waals surface area contributed by atoms with Gasteiger partial charge in [0.2, 0.25) is 5.88 Å². The SMILES string of the molecule is C#Cc1ccc(-c2c(C)nnc(OC)c2-c2c(F)cc(OC)cc2F)cn1. The minimum absolute atomic E-state index is 0.0143. The predicted octanol–water partition coefficient (Wildman–Crippen LogP) is 3.79. The minimum atomic E-state index is -0.813. The smallest absolute Gasteiger partial charge is 0.241 e. The first-order valence-corrected chi connectivity index (χ1v) is 7.87. The highest BCUT2D eigenvalue weighted by atomic mass is 19.1. The molecule has 0 amide bonds. The third-order valence-electron chi connectivity index (χ3n) is 4.01. The fraction of sp³-hybridized carbons (Fsp3) is 0.150. The summed E-state index contributed by atoms with van der Waals surface area (Å²) in [4.78, 5) is 4.14.